The minimum absolute atomic E-state index is 0.0410. The molecule has 0 aliphatic carbocycles. The van der Waals surface area contributed by atoms with Crippen LogP contribution < -0.4 is 10.2 Å². The van der Waals surface area contributed by atoms with E-state index in [-0.39, 0.29) is 24.6 Å². The van der Waals surface area contributed by atoms with Gasteiger partial charge >= 0.3 is 6.03 Å². The van der Waals surface area contributed by atoms with E-state index in [1.54, 1.807) is 9.80 Å². The Morgan fingerprint density at radius 1 is 1.17 bits per heavy atom. The zero-order chi connectivity index (χ0) is 16.9. The van der Waals surface area contributed by atoms with Crippen molar-refractivity contribution in [2.24, 2.45) is 0 Å². The fourth-order valence-electron chi connectivity index (χ4n) is 3.24. The van der Waals surface area contributed by atoms with Crippen LogP contribution in [0.1, 0.15) is 6.42 Å². The number of aliphatic hydroxyl groups excluding tert-OH is 1. The Morgan fingerprint density at radius 3 is 2.54 bits per heavy atom. The summed E-state index contributed by atoms with van der Waals surface area (Å²) in [5, 5.41) is 11.9. The van der Waals surface area contributed by atoms with E-state index in [0.717, 1.165) is 18.8 Å². The van der Waals surface area contributed by atoms with Crippen LogP contribution in [0.3, 0.4) is 0 Å². The molecule has 2 heterocycles. The van der Waals surface area contributed by atoms with Crippen molar-refractivity contribution >= 4 is 17.6 Å². The third-order valence-corrected chi connectivity index (χ3v) is 4.60. The van der Waals surface area contributed by atoms with Crippen molar-refractivity contribution in [3.8, 4) is 0 Å². The lowest BCUT2D eigenvalue weighted by Gasteiger charge is -2.34. The number of rotatable bonds is 4. The number of para-hydroxylation sites is 1. The molecule has 0 unspecified atom stereocenters. The van der Waals surface area contributed by atoms with E-state index >= 15 is 0 Å². The molecule has 0 radical (unpaired) electrons. The summed E-state index contributed by atoms with van der Waals surface area (Å²) in [5.74, 6) is 0.0410. The van der Waals surface area contributed by atoms with Gasteiger partial charge in [0.2, 0.25) is 5.91 Å². The lowest BCUT2D eigenvalue weighted by molar-refractivity contribution is -0.117. The number of β-amino-alcohol motifs (C(OH)–C–C–N with tert-alkyl or cyclic N) is 1. The van der Waals surface area contributed by atoms with Crippen molar-refractivity contribution in [2.75, 3.05) is 50.8 Å². The predicted octanol–water partition coefficient (Wildman–Crippen LogP) is 0.111. The summed E-state index contributed by atoms with van der Waals surface area (Å²) in [7, 11) is 0. The van der Waals surface area contributed by atoms with Crippen molar-refractivity contribution in [1.29, 1.82) is 0 Å². The third-order valence-electron chi connectivity index (χ3n) is 4.60. The minimum atomic E-state index is -0.152. The molecular formula is C17H24N4O3. The highest BCUT2D eigenvalue weighted by molar-refractivity contribution is 5.96. The molecule has 1 atom stereocenters. The van der Waals surface area contributed by atoms with Crippen molar-refractivity contribution in [3.05, 3.63) is 30.3 Å². The highest BCUT2D eigenvalue weighted by atomic mass is 16.3. The molecule has 130 valence electrons. The van der Waals surface area contributed by atoms with Gasteiger partial charge in [-0.1, -0.05) is 18.2 Å². The van der Waals surface area contributed by atoms with Crippen LogP contribution in [0.4, 0.5) is 10.5 Å². The van der Waals surface area contributed by atoms with E-state index in [9.17, 15) is 9.59 Å². The zero-order valence-electron chi connectivity index (χ0n) is 13.7. The van der Waals surface area contributed by atoms with Crippen LogP contribution >= 0.6 is 0 Å². The SMILES string of the molecule is O=C(N[C@@H]1CC(=O)N(c2ccccc2)C1)N1CCN(CCO)CC1. The summed E-state index contributed by atoms with van der Waals surface area (Å²) in [6, 6.07) is 9.28. The van der Waals surface area contributed by atoms with Gasteiger partial charge in [0.25, 0.3) is 0 Å². The molecule has 24 heavy (non-hydrogen) atoms. The van der Waals surface area contributed by atoms with Crippen molar-refractivity contribution < 1.29 is 14.7 Å². The second kappa shape index (κ2) is 7.63. The number of urea groups is 1. The molecule has 2 aliphatic heterocycles. The number of amides is 3. The van der Waals surface area contributed by atoms with Gasteiger partial charge in [-0.25, -0.2) is 4.79 Å². The summed E-state index contributed by atoms with van der Waals surface area (Å²) in [6.07, 6.45) is 0.338. The molecule has 1 aromatic rings. The Morgan fingerprint density at radius 2 is 1.88 bits per heavy atom. The smallest absolute Gasteiger partial charge is 0.317 e. The average molecular weight is 332 g/mol. The molecular weight excluding hydrogens is 308 g/mol. The van der Waals surface area contributed by atoms with E-state index in [4.69, 9.17) is 5.11 Å². The van der Waals surface area contributed by atoms with Gasteiger partial charge in [-0.3, -0.25) is 9.69 Å². The standard InChI is InChI=1S/C17H24N4O3/c22-11-10-19-6-8-20(9-7-19)17(24)18-14-12-16(23)21(13-14)15-4-2-1-3-5-15/h1-5,14,22H,6-13H2,(H,18,24)/t14-/m1/s1. The summed E-state index contributed by atoms with van der Waals surface area (Å²) >= 11 is 0. The summed E-state index contributed by atoms with van der Waals surface area (Å²) in [5.41, 5.74) is 0.872. The molecule has 0 bridgehead atoms. The molecule has 3 rings (SSSR count). The molecule has 2 aliphatic rings. The number of benzene rings is 1. The summed E-state index contributed by atoms with van der Waals surface area (Å²) in [4.78, 5) is 30.2. The number of nitrogens with one attached hydrogen (secondary N) is 1. The fourth-order valence-corrected chi connectivity index (χ4v) is 3.24. The number of hydrogen-bond donors (Lipinski definition) is 2. The van der Waals surface area contributed by atoms with Gasteiger partial charge in [0.05, 0.1) is 12.6 Å². The highest BCUT2D eigenvalue weighted by Crippen LogP contribution is 2.21. The first kappa shape index (κ1) is 16.7. The van der Waals surface area contributed by atoms with Crippen LogP contribution in [-0.2, 0) is 4.79 Å². The van der Waals surface area contributed by atoms with Gasteiger partial charge < -0.3 is 20.2 Å². The van der Waals surface area contributed by atoms with Gasteiger partial charge in [0.1, 0.15) is 0 Å². The fraction of sp³-hybridized carbons (Fsp3) is 0.529. The first-order chi connectivity index (χ1) is 11.7. The average Bonchev–Trinajstić information content (AvgIpc) is 2.97. The van der Waals surface area contributed by atoms with Crippen molar-refractivity contribution in [1.82, 2.24) is 15.1 Å². The number of carbonyl (C=O) groups is 2. The maximum Gasteiger partial charge on any atom is 0.317 e. The maximum atomic E-state index is 12.4. The van der Waals surface area contributed by atoms with E-state index in [1.807, 2.05) is 30.3 Å². The van der Waals surface area contributed by atoms with E-state index in [1.165, 1.54) is 0 Å². The lowest BCUT2D eigenvalue weighted by atomic mass is 10.2. The molecule has 7 nitrogen and oxygen atoms in total. The van der Waals surface area contributed by atoms with E-state index < -0.39 is 0 Å². The number of piperazine rings is 1. The van der Waals surface area contributed by atoms with Gasteiger partial charge in [-0.15, -0.1) is 0 Å². The van der Waals surface area contributed by atoms with Gasteiger partial charge in [-0.2, -0.15) is 0 Å². The topological polar surface area (TPSA) is 76.1 Å². The lowest BCUT2D eigenvalue weighted by Crippen LogP contribution is -2.54. The largest absolute Gasteiger partial charge is 0.395 e. The molecule has 2 N–H and O–H groups in total. The Hall–Kier alpha value is -2.12. The number of hydrogen-bond acceptors (Lipinski definition) is 4. The van der Waals surface area contributed by atoms with Gasteiger partial charge in [-0.05, 0) is 12.1 Å². The Balaban J connectivity index is 1.50. The highest BCUT2D eigenvalue weighted by Gasteiger charge is 2.32. The Labute approximate surface area is 141 Å². The summed E-state index contributed by atoms with van der Waals surface area (Å²) < 4.78 is 0. The number of carbonyl (C=O) groups excluding carboxylic acids is 2. The summed E-state index contributed by atoms with van der Waals surface area (Å²) in [6.45, 7) is 4.15. The van der Waals surface area contributed by atoms with Crippen LogP contribution in [0.15, 0.2) is 30.3 Å². The third kappa shape index (κ3) is 3.85. The van der Waals surface area contributed by atoms with Crippen LogP contribution in [0.5, 0.6) is 0 Å². The normalized spacial score (nSPS) is 22.0. The molecule has 2 saturated heterocycles. The van der Waals surface area contributed by atoms with E-state index in [2.05, 4.69) is 10.2 Å². The molecule has 0 aromatic heterocycles. The number of anilines is 1. The zero-order valence-corrected chi connectivity index (χ0v) is 13.7. The maximum absolute atomic E-state index is 12.4. The first-order valence-corrected chi connectivity index (χ1v) is 8.41. The van der Waals surface area contributed by atoms with Crippen molar-refractivity contribution in [2.45, 2.75) is 12.5 Å². The van der Waals surface area contributed by atoms with E-state index in [0.29, 0.717) is 32.6 Å². The molecule has 0 saturated carbocycles. The number of aliphatic hydroxyl groups is 1. The minimum Gasteiger partial charge on any atom is -0.395 e. The second-order valence-electron chi connectivity index (χ2n) is 6.24. The molecule has 1 aromatic carbocycles. The molecule has 3 amide bonds. The predicted molar refractivity (Wildman–Crippen MR) is 90.8 cm³/mol. The Bertz CT molecular complexity index is 572. The van der Waals surface area contributed by atoms with Crippen LogP contribution in [0, 0.1) is 0 Å². The monoisotopic (exact) mass is 332 g/mol. The quantitative estimate of drug-likeness (QED) is 0.821. The first-order valence-electron chi connectivity index (χ1n) is 8.41. The molecule has 2 fully saturated rings. The second-order valence-corrected chi connectivity index (χ2v) is 6.24. The Kier molecular flexibility index (Phi) is 5.32. The van der Waals surface area contributed by atoms with Gasteiger partial charge in [0.15, 0.2) is 0 Å². The van der Waals surface area contributed by atoms with Crippen LogP contribution in [-0.4, -0.2) is 78.8 Å². The van der Waals surface area contributed by atoms with Gasteiger partial charge in [0, 0.05) is 51.4 Å². The number of nitrogens with zero attached hydrogens (tertiary/aromatic N) is 3. The molecule has 7 heteroatoms. The van der Waals surface area contributed by atoms with Crippen LogP contribution in [0.2, 0.25) is 0 Å². The van der Waals surface area contributed by atoms with Crippen molar-refractivity contribution in [3.63, 3.8) is 0 Å². The van der Waals surface area contributed by atoms with Crippen LogP contribution in [0.25, 0.3) is 0 Å². The molecule has 0 spiro atoms.